The molecule has 0 spiro atoms. The van der Waals surface area contributed by atoms with Crippen molar-refractivity contribution in [2.24, 2.45) is 11.8 Å². The van der Waals surface area contributed by atoms with Crippen LogP contribution in [0.15, 0.2) is 78.9 Å². The van der Waals surface area contributed by atoms with Crippen LogP contribution in [0.5, 0.6) is 5.75 Å². The molecular formula is C29H31NO. The molecule has 3 aromatic carbocycles. The fourth-order valence-corrected chi connectivity index (χ4v) is 7.10. The Hall–Kier alpha value is -2.74. The number of hydrogen-bond acceptors (Lipinski definition) is 2. The Morgan fingerprint density at radius 3 is 2.32 bits per heavy atom. The summed E-state index contributed by atoms with van der Waals surface area (Å²) in [4.78, 5) is 2.65. The largest absolute Gasteiger partial charge is 0.506 e. The standard InChI is InChI=1S/C29H31NO/c31-27-17-9-8-16-26(27)30-25-15-7-6-14-23(25)28(21-11-2-1-3-12-21)24-19-18-20-10-4-5-13-22(20)29(24)30/h1-5,8-13,16-17,23-25,28-29,31H,6-7,14-15,18-19H2. The highest BCUT2D eigenvalue weighted by atomic mass is 16.3. The number of aromatic hydroxyl groups is 1. The number of piperidine rings is 1. The molecule has 0 radical (unpaired) electrons. The van der Waals surface area contributed by atoms with Crippen molar-refractivity contribution in [3.63, 3.8) is 0 Å². The number of phenols is 1. The average Bonchev–Trinajstić information content (AvgIpc) is 2.83. The van der Waals surface area contributed by atoms with Crippen LogP contribution in [0.2, 0.25) is 0 Å². The second-order valence-corrected chi connectivity index (χ2v) is 9.69. The van der Waals surface area contributed by atoms with Gasteiger partial charge in [0.15, 0.2) is 0 Å². The van der Waals surface area contributed by atoms with E-state index in [0.29, 0.717) is 35.6 Å². The quantitative estimate of drug-likeness (QED) is 0.500. The molecule has 1 heterocycles. The number of fused-ring (bicyclic) bond motifs is 4. The minimum Gasteiger partial charge on any atom is -0.506 e. The number of aryl methyl sites for hydroxylation is 1. The molecule has 5 unspecified atom stereocenters. The van der Waals surface area contributed by atoms with Crippen molar-refractivity contribution < 1.29 is 5.11 Å². The first-order valence-electron chi connectivity index (χ1n) is 12.0. The third kappa shape index (κ3) is 3.07. The maximum Gasteiger partial charge on any atom is 0.138 e. The zero-order chi connectivity index (χ0) is 20.8. The van der Waals surface area contributed by atoms with E-state index in [9.17, 15) is 5.11 Å². The van der Waals surface area contributed by atoms with Crippen molar-refractivity contribution in [3.8, 4) is 5.75 Å². The van der Waals surface area contributed by atoms with Gasteiger partial charge in [0, 0.05) is 6.04 Å². The van der Waals surface area contributed by atoms with Crippen LogP contribution >= 0.6 is 0 Å². The molecule has 5 atom stereocenters. The Kier molecular flexibility index (Phi) is 4.74. The summed E-state index contributed by atoms with van der Waals surface area (Å²) in [5.74, 6) is 2.22. The van der Waals surface area contributed by atoms with Crippen LogP contribution in [0.3, 0.4) is 0 Å². The Morgan fingerprint density at radius 2 is 1.45 bits per heavy atom. The van der Waals surface area contributed by atoms with Gasteiger partial charge in [-0.05, 0) is 72.3 Å². The highest BCUT2D eigenvalue weighted by molar-refractivity contribution is 5.62. The van der Waals surface area contributed by atoms with Gasteiger partial charge in [-0.1, -0.05) is 79.6 Å². The molecule has 1 aliphatic heterocycles. The molecule has 0 aromatic heterocycles. The number of hydrogen-bond donors (Lipinski definition) is 1. The smallest absolute Gasteiger partial charge is 0.138 e. The maximum atomic E-state index is 10.9. The number of benzene rings is 3. The molecule has 2 heteroatoms. The van der Waals surface area contributed by atoms with Gasteiger partial charge in [-0.25, -0.2) is 0 Å². The van der Waals surface area contributed by atoms with Gasteiger partial charge in [0.2, 0.25) is 0 Å². The summed E-state index contributed by atoms with van der Waals surface area (Å²) in [5, 5.41) is 10.9. The third-order valence-corrected chi connectivity index (χ3v) is 8.23. The van der Waals surface area contributed by atoms with Gasteiger partial charge in [-0.3, -0.25) is 0 Å². The van der Waals surface area contributed by atoms with Gasteiger partial charge in [-0.15, -0.1) is 0 Å². The summed E-state index contributed by atoms with van der Waals surface area (Å²) in [5.41, 5.74) is 5.51. The summed E-state index contributed by atoms with van der Waals surface area (Å²) in [6, 6.07) is 29.2. The van der Waals surface area contributed by atoms with Crippen LogP contribution in [-0.2, 0) is 6.42 Å². The molecule has 2 aliphatic carbocycles. The van der Waals surface area contributed by atoms with Gasteiger partial charge >= 0.3 is 0 Å². The number of phenolic OH excluding ortho intramolecular Hbond substituents is 1. The monoisotopic (exact) mass is 409 g/mol. The predicted molar refractivity (Wildman–Crippen MR) is 127 cm³/mol. The first kappa shape index (κ1) is 19.0. The molecule has 31 heavy (non-hydrogen) atoms. The molecule has 2 fully saturated rings. The average molecular weight is 410 g/mol. The second-order valence-electron chi connectivity index (χ2n) is 9.69. The van der Waals surface area contributed by atoms with Crippen LogP contribution in [0.1, 0.15) is 60.8 Å². The van der Waals surface area contributed by atoms with Gasteiger partial charge in [0.25, 0.3) is 0 Å². The lowest BCUT2D eigenvalue weighted by atomic mass is 9.58. The van der Waals surface area contributed by atoms with Crippen molar-refractivity contribution in [1.29, 1.82) is 0 Å². The van der Waals surface area contributed by atoms with Crippen molar-refractivity contribution in [2.75, 3.05) is 4.90 Å². The summed E-state index contributed by atoms with van der Waals surface area (Å²) >= 11 is 0. The third-order valence-electron chi connectivity index (χ3n) is 8.23. The molecule has 0 bridgehead atoms. The lowest BCUT2D eigenvalue weighted by molar-refractivity contribution is 0.113. The van der Waals surface area contributed by atoms with Crippen molar-refractivity contribution >= 4 is 5.69 Å². The van der Waals surface area contributed by atoms with Crippen LogP contribution in [0.25, 0.3) is 0 Å². The Morgan fingerprint density at radius 1 is 0.710 bits per heavy atom. The molecule has 2 nitrogen and oxygen atoms in total. The van der Waals surface area contributed by atoms with Gasteiger partial charge < -0.3 is 10.0 Å². The Balaban J connectivity index is 1.56. The zero-order valence-corrected chi connectivity index (χ0v) is 18.0. The van der Waals surface area contributed by atoms with E-state index in [-0.39, 0.29) is 0 Å². The molecule has 1 N–H and O–H groups in total. The van der Waals surface area contributed by atoms with Crippen LogP contribution in [0.4, 0.5) is 5.69 Å². The molecule has 1 saturated heterocycles. The fourth-order valence-electron chi connectivity index (χ4n) is 7.10. The van der Waals surface area contributed by atoms with E-state index in [4.69, 9.17) is 0 Å². The lowest BCUT2D eigenvalue weighted by Crippen LogP contribution is -2.56. The van der Waals surface area contributed by atoms with Crippen molar-refractivity contribution in [2.45, 2.75) is 56.5 Å². The van der Waals surface area contributed by atoms with Crippen molar-refractivity contribution in [3.05, 3.63) is 95.6 Å². The van der Waals surface area contributed by atoms with Crippen molar-refractivity contribution in [1.82, 2.24) is 0 Å². The normalized spacial score (nSPS) is 29.5. The maximum absolute atomic E-state index is 10.9. The first-order valence-corrected chi connectivity index (χ1v) is 12.0. The fraction of sp³-hybridized carbons (Fsp3) is 0.379. The van der Waals surface area contributed by atoms with E-state index in [1.165, 1.54) is 48.8 Å². The van der Waals surface area contributed by atoms with E-state index in [1.54, 1.807) is 0 Å². The molecule has 3 aliphatic rings. The first-order chi connectivity index (χ1) is 15.3. The van der Waals surface area contributed by atoms with E-state index in [0.717, 1.165) is 12.1 Å². The van der Waals surface area contributed by atoms with Gasteiger partial charge in [0.1, 0.15) is 5.75 Å². The predicted octanol–water partition coefficient (Wildman–Crippen LogP) is 6.86. The summed E-state index contributed by atoms with van der Waals surface area (Å²) in [6.45, 7) is 0. The van der Waals surface area contributed by atoms with E-state index >= 15 is 0 Å². The van der Waals surface area contributed by atoms with Crippen LogP contribution in [-0.4, -0.2) is 11.1 Å². The zero-order valence-electron chi connectivity index (χ0n) is 18.0. The minimum atomic E-state index is 0.322. The molecule has 0 amide bonds. The van der Waals surface area contributed by atoms with Gasteiger partial charge in [0.05, 0.1) is 11.7 Å². The van der Waals surface area contributed by atoms with E-state index < -0.39 is 0 Å². The summed E-state index contributed by atoms with van der Waals surface area (Å²) < 4.78 is 0. The molecule has 1 saturated carbocycles. The number of rotatable bonds is 2. The molecule has 158 valence electrons. The number of para-hydroxylation sites is 2. The molecular weight excluding hydrogens is 378 g/mol. The number of anilines is 1. The second kappa shape index (κ2) is 7.75. The molecule has 3 aromatic rings. The lowest BCUT2D eigenvalue weighted by Gasteiger charge is -2.59. The van der Waals surface area contributed by atoms with Gasteiger partial charge in [-0.2, -0.15) is 0 Å². The Labute approximate surface area is 185 Å². The summed E-state index contributed by atoms with van der Waals surface area (Å²) in [6.07, 6.45) is 7.49. The minimum absolute atomic E-state index is 0.322. The highest BCUT2D eigenvalue weighted by Crippen LogP contribution is 2.58. The number of nitrogens with zero attached hydrogens (tertiary/aromatic N) is 1. The molecule has 6 rings (SSSR count). The topological polar surface area (TPSA) is 23.5 Å². The van der Waals surface area contributed by atoms with E-state index in [1.807, 2.05) is 12.1 Å². The van der Waals surface area contributed by atoms with E-state index in [2.05, 4.69) is 71.6 Å². The Bertz CT molecular complexity index is 1060. The van der Waals surface area contributed by atoms with Crippen LogP contribution in [0, 0.1) is 11.8 Å². The van der Waals surface area contributed by atoms with Crippen LogP contribution < -0.4 is 4.90 Å². The highest BCUT2D eigenvalue weighted by Gasteiger charge is 2.52. The SMILES string of the molecule is Oc1ccccc1N1C2CCCCC2C(c2ccccc2)C2CCc3ccccc3C21. The summed E-state index contributed by atoms with van der Waals surface area (Å²) in [7, 11) is 0.